The molecule has 4 aromatic rings. The molecule has 3 aromatic carbocycles. The molecule has 0 unspecified atom stereocenters. The molecular formula is C29H25NO3S. The van der Waals surface area contributed by atoms with E-state index >= 15 is 0 Å². The highest BCUT2D eigenvalue weighted by molar-refractivity contribution is 7.10. The van der Waals surface area contributed by atoms with Crippen LogP contribution in [0.2, 0.25) is 0 Å². The summed E-state index contributed by atoms with van der Waals surface area (Å²) in [6.45, 7) is 0.395. The van der Waals surface area contributed by atoms with Gasteiger partial charge in [0.1, 0.15) is 6.04 Å². The van der Waals surface area contributed by atoms with Gasteiger partial charge in [0.2, 0.25) is 5.91 Å². The summed E-state index contributed by atoms with van der Waals surface area (Å²) in [5, 5.41) is 12.1. The number of thiophene rings is 1. The predicted molar refractivity (Wildman–Crippen MR) is 135 cm³/mol. The smallest absolute Gasteiger partial charge is 0.326 e. The summed E-state index contributed by atoms with van der Waals surface area (Å²) in [6.07, 6.45) is 0.414. The fraction of sp³-hybridized carbons (Fsp3) is 0.172. The Morgan fingerprint density at radius 3 is 1.94 bits per heavy atom. The number of carbonyl (C=O) groups is 2. The Bertz CT molecular complexity index is 1230. The van der Waals surface area contributed by atoms with Crippen LogP contribution in [0, 0.1) is 0 Å². The zero-order valence-corrected chi connectivity index (χ0v) is 19.4. The van der Waals surface area contributed by atoms with Gasteiger partial charge in [0.05, 0.1) is 5.92 Å². The van der Waals surface area contributed by atoms with Gasteiger partial charge in [-0.25, -0.2) is 4.79 Å². The fourth-order valence-corrected chi connectivity index (χ4v) is 5.96. The van der Waals surface area contributed by atoms with Crippen molar-refractivity contribution in [1.82, 2.24) is 4.90 Å². The van der Waals surface area contributed by atoms with Crippen molar-refractivity contribution < 1.29 is 14.7 Å². The van der Waals surface area contributed by atoms with E-state index in [0.29, 0.717) is 13.0 Å². The van der Waals surface area contributed by atoms with Gasteiger partial charge >= 0.3 is 5.97 Å². The first-order valence-corrected chi connectivity index (χ1v) is 12.3. The number of hydrogen-bond donors (Lipinski definition) is 1. The molecule has 2 heterocycles. The molecule has 34 heavy (non-hydrogen) atoms. The third-order valence-electron chi connectivity index (χ3n) is 6.53. The lowest BCUT2D eigenvalue weighted by molar-refractivity contribution is -0.148. The van der Waals surface area contributed by atoms with Crippen LogP contribution in [0.25, 0.3) is 11.1 Å². The van der Waals surface area contributed by atoms with Gasteiger partial charge in [-0.15, -0.1) is 11.3 Å². The molecule has 1 aliphatic heterocycles. The number of amides is 1. The largest absolute Gasteiger partial charge is 0.480 e. The van der Waals surface area contributed by atoms with E-state index in [0.717, 1.165) is 27.1 Å². The number of benzene rings is 3. The molecule has 1 amide bonds. The molecule has 0 spiro atoms. The normalized spacial score (nSPS) is 17.7. The summed E-state index contributed by atoms with van der Waals surface area (Å²) in [5.41, 5.74) is 3.97. The number of carboxylic acids is 1. The average molecular weight is 468 g/mol. The van der Waals surface area contributed by atoms with Gasteiger partial charge in [0, 0.05) is 17.3 Å². The second kappa shape index (κ2) is 9.65. The van der Waals surface area contributed by atoms with Crippen molar-refractivity contribution in [3.8, 4) is 11.1 Å². The molecule has 5 heteroatoms. The molecule has 1 aromatic heterocycles. The fourth-order valence-electron chi connectivity index (χ4n) is 4.93. The summed E-state index contributed by atoms with van der Waals surface area (Å²) < 4.78 is 0. The highest BCUT2D eigenvalue weighted by Crippen LogP contribution is 2.42. The average Bonchev–Trinajstić information content (AvgIpc) is 3.54. The molecule has 1 N–H and O–H groups in total. The van der Waals surface area contributed by atoms with E-state index < -0.39 is 17.9 Å². The molecule has 5 rings (SSSR count). The molecule has 2 atom stereocenters. The Kier molecular flexibility index (Phi) is 6.28. The van der Waals surface area contributed by atoms with Gasteiger partial charge < -0.3 is 10.0 Å². The van der Waals surface area contributed by atoms with Crippen molar-refractivity contribution in [2.75, 3.05) is 6.54 Å². The third-order valence-corrected chi connectivity index (χ3v) is 7.61. The van der Waals surface area contributed by atoms with Crippen LogP contribution in [0.4, 0.5) is 0 Å². The summed E-state index contributed by atoms with van der Waals surface area (Å²) in [6, 6.07) is 30.6. The molecule has 1 fully saturated rings. The van der Waals surface area contributed by atoms with E-state index in [1.807, 2.05) is 78.9 Å². The van der Waals surface area contributed by atoms with Crippen molar-refractivity contribution >= 4 is 23.2 Å². The Labute approximate surface area is 203 Å². The first kappa shape index (κ1) is 22.1. The standard InChI is InChI=1S/C29H25NO3S/c31-28(26(21-12-6-2-7-13-21)22-14-8-3-9-15-22)30-19-23(18-25(30)29(32)33)27-24(16-17-34-27)20-10-4-1-5-11-20/h1-17,23,25-26H,18-19H2,(H,32,33)/t23-,25-/m0/s1. The number of nitrogens with zero attached hydrogens (tertiary/aromatic N) is 1. The summed E-state index contributed by atoms with van der Waals surface area (Å²) in [5.74, 6) is -1.67. The molecule has 0 radical (unpaired) electrons. The van der Waals surface area contributed by atoms with E-state index in [9.17, 15) is 14.7 Å². The number of hydrogen-bond acceptors (Lipinski definition) is 3. The maximum Gasteiger partial charge on any atom is 0.326 e. The van der Waals surface area contributed by atoms with E-state index in [-0.39, 0.29) is 11.8 Å². The van der Waals surface area contributed by atoms with Crippen LogP contribution in [0.15, 0.2) is 102 Å². The van der Waals surface area contributed by atoms with Crippen molar-refractivity contribution in [2.24, 2.45) is 0 Å². The Hall–Kier alpha value is -3.70. The Morgan fingerprint density at radius 1 is 0.824 bits per heavy atom. The first-order chi connectivity index (χ1) is 16.6. The van der Waals surface area contributed by atoms with E-state index in [1.165, 1.54) is 0 Å². The number of aliphatic carboxylic acids is 1. The van der Waals surface area contributed by atoms with Crippen LogP contribution in [-0.4, -0.2) is 34.5 Å². The van der Waals surface area contributed by atoms with E-state index in [1.54, 1.807) is 16.2 Å². The van der Waals surface area contributed by atoms with Crippen LogP contribution in [0.3, 0.4) is 0 Å². The van der Waals surface area contributed by atoms with Crippen LogP contribution in [0.5, 0.6) is 0 Å². The van der Waals surface area contributed by atoms with E-state index in [2.05, 4.69) is 23.6 Å². The van der Waals surface area contributed by atoms with Crippen LogP contribution in [-0.2, 0) is 9.59 Å². The minimum atomic E-state index is -0.950. The summed E-state index contributed by atoms with van der Waals surface area (Å²) >= 11 is 1.64. The number of rotatable bonds is 6. The molecule has 0 saturated carbocycles. The molecule has 170 valence electrons. The van der Waals surface area contributed by atoms with Crippen LogP contribution >= 0.6 is 11.3 Å². The lowest BCUT2D eigenvalue weighted by Gasteiger charge is -2.27. The molecule has 0 bridgehead atoms. The van der Waals surface area contributed by atoms with Crippen molar-refractivity contribution in [3.05, 3.63) is 118 Å². The highest BCUT2D eigenvalue weighted by Gasteiger charge is 2.43. The van der Waals surface area contributed by atoms with Crippen molar-refractivity contribution in [3.63, 3.8) is 0 Å². The second-order valence-electron chi connectivity index (χ2n) is 8.60. The predicted octanol–water partition coefficient (Wildman–Crippen LogP) is 6.02. The molecule has 4 nitrogen and oxygen atoms in total. The van der Waals surface area contributed by atoms with Gasteiger partial charge in [-0.1, -0.05) is 91.0 Å². The maximum atomic E-state index is 14.0. The topological polar surface area (TPSA) is 57.6 Å². The monoisotopic (exact) mass is 467 g/mol. The number of carbonyl (C=O) groups excluding carboxylic acids is 1. The SMILES string of the molecule is O=C(O)[C@@H]1C[C@H](c2sccc2-c2ccccc2)CN1C(=O)C(c1ccccc1)c1ccccc1. The second-order valence-corrected chi connectivity index (χ2v) is 9.54. The van der Waals surface area contributed by atoms with Gasteiger partial charge in [-0.3, -0.25) is 4.79 Å². The van der Waals surface area contributed by atoms with Crippen LogP contribution in [0.1, 0.15) is 34.3 Å². The van der Waals surface area contributed by atoms with Crippen LogP contribution < -0.4 is 0 Å². The molecule has 0 aliphatic carbocycles. The third kappa shape index (κ3) is 4.27. The summed E-state index contributed by atoms with van der Waals surface area (Å²) in [4.78, 5) is 29.0. The summed E-state index contributed by atoms with van der Waals surface area (Å²) in [7, 11) is 0. The minimum absolute atomic E-state index is 0.0209. The maximum absolute atomic E-state index is 14.0. The van der Waals surface area contributed by atoms with Gasteiger partial charge in [0.25, 0.3) is 0 Å². The minimum Gasteiger partial charge on any atom is -0.480 e. The number of carboxylic acid groups (broad SMARTS) is 1. The lowest BCUT2D eigenvalue weighted by Crippen LogP contribution is -2.43. The lowest BCUT2D eigenvalue weighted by atomic mass is 9.90. The molecular weight excluding hydrogens is 442 g/mol. The molecule has 1 saturated heterocycles. The Balaban J connectivity index is 1.50. The highest BCUT2D eigenvalue weighted by atomic mass is 32.1. The Morgan fingerprint density at radius 2 is 1.38 bits per heavy atom. The van der Waals surface area contributed by atoms with E-state index in [4.69, 9.17) is 0 Å². The molecule has 1 aliphatic rings. The number of likely N-dealkylation sites (tertiary alicyclic amines) is 1. The zero-order chi connectivity index (χ0) is 23.5. The van der Waals surface area contributed by atoms with Gasteiger partial charge in [0.15, 0.2) is 0 Å². The zero-order valence-electron chi connectivity index (χ0n) is 18.6. The van der Waals surface area contributed by atoms with Crippen molar-refractivity contribution in [2.45, 2.75) is 24.3 Å². The van der Waals surface area contributed by atoms with Gasteiger partial charge in [-0.2, -0.15) is 0 Å². The van der Waals surface area contributed by atoms with Gasteiger partial charge in [-0.05, 0) is 40.1 Å². The quantitative estimate of drug-likeness (QED) is 0.377. The van der Waals surface area contributed by atoms with Crippen molar-refractivity contribution in [1.29, 1.82) is 0 Å². The first-order valence-electron chi connectivity index (χ1n) is 11.4.